The van der Waals surface area contributed by atoms with Crippen LogP contribution in [0.2, 0.25) is 0 Å². The number of ketones is 2. The van der Waals surface area contributed by atoms with Crippen molar-refractivity contribution in [2.45, 2.75) is 149 Å². The van der Waals surface area contributed by atoms with Crippen LogP contribution in [0.4, 0.5) is 5.95 Å². The van der Waals surface area contributed by atoms with Crippen LogP contribution in [0.3, 0.4) is 0 Å². The van der Waals surface area contributed by atoms with Gasteiger partial charge in [-0.15, -0.1) is 0 Å². The molecule has 0 amide bonds. The highest BCUT2D eigenvalue weighted by Crippen LogP contribution is 2.37. The third-order valence-electron chi connectivity index (χ3n) is 11.6. The van der Waals surface area contributed by atoms with E-state index < -0.39 is 77.3 Å². The van der Waals surface area contributed by atoms with Gasteiger partial charge in [0.05, 0.1) is 41.9 Å². The quantitative estimate of drug-likeness (QED) is 0.103. The molecule has 0 bridgehead atoms. The summed E-state index contributed by atoms with van der Waals surface area (Å²) in [5.74, 6) is -5.91. The summed E-state index contributed by atoms with van der Waals surface area (Å²) in [5.41, 5.74) is 3.69. The normalized spacial score (nSPS) is 35.7. The molecular formula is C41H64N6O11S. The molecular weight excluding hydrogens is 785 g/mol. The number of nitrogen functional groups attached to an aromatic ring is 1. The number of hydrogen-bond donors (Lipinski definition) is 4. The number of esters is 1. The number of aliphatic hydroxyl groups is 3. The van der Waals surface area contributed by atoms with E-state index in [0.717, 1.165) is 5.56 Å². The smallest absolute Gasteiger partial charge is 0.316 e. The number of carbonyl (C=O) groups is 3. The molecule has 2 aromatic heterocycles. The van der Waals surface area contributed by atoms with Gasteiger partial charge >= 0.3 is 5.97 Å². The highest BCUT2D eigenvalue weighted by Gasteiger charge is 2.52. The Morgan fingerprint density at radius 1 is 1.05 bits per heavy atom. The van der Waals surface area contributed by atoms with Crippen LogP contribution in [-0.4, -0.2) is 133 Å². The van der Waals surface area contributed by atoms with E-state index in [4.69, 9.17) is 29.5 Å². The molecule has 5 N–H and O–H groups in total. The number of carbonyl (C=O) groups excluding carboxylic acids is 3. The molecule has 2 saturated heterocycles. The maximum Gasteiger partial charge on any atom is 0.316 e. The van der Waals surface area contributed by atoms with Gasteiger partial charge in [0.15, 0.2) is 18.7 Å². The topological polar surface area (TPSA) is 238 Å². The van der Waals surface area contributed by atoms with Crippen molar-refractivity contribution in [2.75, 3.05) is 26.4 Å². The van der Waals surface area contributed by atoms with Crippen molar-refractivity contribution in [3.05, 3.63) is 24.0 Å². The fourth-order valence-corrected chi connectivity index (χ4v) is 8.70. The predicted molar refractivity (Wildman–Crippen MR) is 220 cm³/mol. The number of oxime groups is 1. The first-order valence-electron chi connectivity index (χ1n) is 20.3. The zero-order valence-corrected chi connectivity index (χ0v) is 37.0. The van der Waals surface area contributed by atoms with Gasteiger partial charge in [0.1, 0.15) is 34.5 Å². The molecule has 18 heteroatoms. The molecule has 0 spiro atoms. The van der Waals surface area contributed by atoms with E-state index in [9.17, 15) is 29.7 Å². The lowest BCUT2D eigenvalue weighted by molar-refractivity contribution is -0.293. The standard InChI is InChI=1S/C41H64N6O11S/c1-12-27(45-55-20-28-15-14-26(18-43-28)36-44-39(42)46-59-36)19-54-35-23(5)31(48)21(3)17-40(8,52)34(58-38-33(50)29(47(10)11)16-22(4)56-38)24(6)32(49)25(7)37(51)57-30(13-2)41(35,9)53/h14-15,18,21-25,29-30,33-35,38,50,52-53H,12-13,16-17,19-20H2,1-11H3,(H2,42,46)/b45-27-/t21-,22-,23+,24+,25-,29+,30-,33-,34-,35-,38+,40-,41-/m1/s1. The number of ether oxygens (including phenoxy) is 4. The third-order valence-corrected chi connectivity index (χ3v) is 12.4. The number of nitrogens with two attached hydrogens (primary N) is 1. The molecule has 0 aromatic carbocycles. The first kappa shape index (κ1) is 48.2. The van der Waals surface area contributed by atoms with Crippen molar-refractivity contribution in [3.63, 3.8) is 0 Å². The van der Waals surface area contributed by atoms with E-state index in [1.807, 2.05) is 38.9 Å². The molecule has 2 aromatic rings. The van der Waals surface area contributed by atoms with Gasteiger partial charge in [0.25, 0.3) is 0 Å². The van der Waals surface area contributed by atoms with E-state index in [1.54, 1.807) is 33.0 Å². The van der Waals surface area contributed by atoms with Gasteiger partial charge in [-0.05, 0) is 91.1 Å². The van der Waals surface area contributed by atoms with Crippen LogP contribution in [-0.2, 0) is 44.8 Å². The molecule has 0 unspecified atom stereocenters. The van der Waals surface area contributed by atoms with Crippen LogP contribution in [0.1, 0.15) is 93.7 Å². The maximum absolute atomic E-state index is 14.4. The second-order valence-electron chi connectivity index (χ2n) is 16.8. The Labute approximate surface area is 351 Å². The van der Waals surface area contributed by atoms with Crippen molar-refractivity contribution in [3.8, 4) is 10.6 Å². The van der Waals surface area contributed by atoms with Crippen molar-refractivity contribution in [2.24, 2.45) is 28.8 Å². The lowest BCUT2D eigenvalue weighted by Crippen LogP contribution is -2.60. The van der Waals surface area contributed by atoms with Crippen LogP contribution < -0.4 is 5.73 Å². The van der Waals surface area contributed by atoms with Gasteiger partial charge in [0.2, 0.25) is 5.95 Å². The molecule has 0 saturated carbocycles. The number of pyridine rings is 1. The number of rotatable bonds is 12. The number of aromatic nitrogens is 3. The average Bonchev–Trinajstić information content (AvgIpc) is 3.63. The second kappa shape index (κ2) is 20.4. The lowest BCUT2D eigenvalue weighted by Gasteiger charge is -2.46. The highest BCUT2D eigenvalue weighted by atomic mass is 32.1. The minimum atomic E-state index is -1.93. The average molecular weight is 849 g/mol. The summed E-state index contributed by atoms with van der Waals surface area (Å²) >= 11 is 1.17. The van der Waals surface area contributed by atoms with E-state index in [2.05, 4.69) is 19.5 Å². The fraction of sp³-hybridized carbons (Fsp3) is 0.732. The van der Waals surface area contributed by atoms with Gasteiger partial charge in [0, 0.05) is 35.6 Å². The van der Waals surface area contributed by atoms with Gasteiger partial charge in [-0.1, -0.05) is 39.8 Å². The molecule has 0 aliphatic carbocycles. The number of aliphatic hydroxyl groups excluding tert-OH is 1. The Balaban J connectivity index is 1.60. The SMILES string of the molecule is CC/C(CO[C@@H]1[C@@H](C)C(=O)[C@H](C)C[C@@](C)(O)[C@H](O[C@@H]2O[C@H](C)C[C@H](N(C)C)[C@H]2O)[C@@H](C)C(=O)[C@@H](C)C(=O)O[C@H](CC)[C@@]1(C)O)=N/OCc1ccc(-c2nc(N)ns2)cn1. The Kier molecular flexibility index (Phi) is 16.6. The number of nitrogens with zero attached hydrogens (tertiary/aromatic N) is 5. The molecule has 330 valence electrons. The molecule has 0 radical (unpaired) electrons. The molecule has 13 atom stereocenters. The molecule has 2 fully saturated rings. The fourth-order valence-electron chi connectivity index (χ4n) is 8.11. The number of cyclic esters (lactones) is 1. The Morgan fingerprint density at radius 3 is 2.31 bits per heavy atom. The van der Waals surface area contributed by atoms with Crippen LogP contribution in [0.15, 0.2) is 23.5 Å². The van der Waals surface area contributed by atoms with Crippen molar-refractivity contribution in [1.29, 1.82) is 0 Å². The summed E-state index contributed by atoms with van der Waals surface area (Å²) in [6, 6.07) is 3.26. The monoisotopic (exact) mass is 848 g/mol. The van der Waals surface area contributed by atoms with E-state index in [-0.39, 0.29) is 49.9 Å². The van der Waals surface area contributed by atoms with Gasteiger partial charge in [-0.25, -0.2) is 0 Å². The summed E-state index contributed by atoms with van der Waals surface area (Å²) in [6.07, 6.45) is -3.87. The van der Waals surface area contributed by atoms with E-state index >= 15 is 0 Å². The number of anilines is 1. The second-order valence-corrected chi connectivity index (χ2v) is 17.5. The molecule has 4 rings (SSSR count). The molecule has 4 heterocycles. The summed E-state index contributed by atoms with van der Waals surface area (Å²) in [7, 11) is 3.66. The van der Waals surface area contributed by atoms with Crippen LogP contribution in [0.25, 0.3) is 10.6 Å². The van der Waals surface area contributed by atoms with Crippen molar-refractivity contribution in [1.82, 2.24) is 19.2 Å². The Bertz CT molecular complexity index is 1750. The lowest BCUT2D eigenvalue weighted by atomic mass is 9.74. The highest BCUT2D eigenvalue weighted by molar-refractivity contribution is 7.09. The summed E-state index contributed by atoms with van der Waals surface area (Å²) in [4.78, 5) is 58.2. The number of Topliss-reactive ketones (excluding diaryl/α,β-unsaturated/α-hetero) is 2. The summed E-state index contributed by atoms with van der Waals surface area (Å²) in [5, 5.41) is 40.6. The molecule has 59 heavy (non-hydrogen) atoms. The Morgan fingerprint density at radius 2 is 1.73 bits per heavy atom. The minimum absolute atomic E-state index is 0.0463. The number of hydrogen-bond acceptors (Lipinski definition) is 18. The van der Waals surface area contributed by atoms with Crippen LogP contribution in [0, 0.1) is 23.7 Å². The third kappa shape index (κ3) is 11.7. The molecule has 2 aliphatic heterocycles. The van der Waals surface area contributed by atoms with Gasteiger partial charge in [-0.2, -0.15) is 9.36 Å². The zero-order chi connectivity index (χ0) is 44.0. The zero-order valence-electron chi connectivity index (χ0n) is 36.2. The summed E-state index contributed by atoms with van der Waals surface area (Å²) in [6.45, 7) is 14.4. The van der Waals surface area contributed by atoms with Crippen molar-refractivity contribution < 1.29 is 53.5 Å². The Hall–Kier alpha value is -3.49. The molecule has 2 aliphatic rings. The van der Waals surface area contributed by atoms with E-state index in [0.29, 0.717) is 29.3 Å². The minimum Gasteiger partial charge on any atom is -0.459 e. The number of likely N-dealkylation sites (N-methyl/N-ethyl adjacent to an activating group) is 1. The van der Waals surface area contributed by atoms with E-state index in [1.165, 1.54) is 39.2 Å². The molecule has 17 nitrogen and oxygen atoms in total. The first-order valence-corrected chi connectivity index (χ1v) is 21.1. The maximum atomic E-state index is 14.4. The van der Waals surface area contributed by atoms with Crippen LogP contribution in [0.5, 0.6) is 0 Å². The van der Waals surface area contributed by atoms with Crippen molar-refractivity contribution >= 4 is 40.7 Å². The summed E-state index contributed by atoms with van der Waals surface area (Å²) < 4.78 is 28.6. The first-order chi connectivity index (χ1) is 27.6. The van der Waals surface area contributed by atoms with Gasteiger partial charge in [-0.3, -0.25) is 19.4 Å². The largest absolute Gasteiger partial charge is 0.459 e. The van der Waals surface area contributed by atoms with Gasteiger partial charge < -0.3 is 49.7 Å². The predicted octanol–water partition coefficient (Wildman–Crippen LogP) is 3.57. The van der Waals surface area contributed by atoms with Crippen LogP contribution >= 0.6 is 11.5 Å².